The number of nitrogens with zero attached hydrogens (tertiary/aromatic N) is 3. The lowest BCUT2D eigenvalue weighted by atomic mass is 9.91. The van der Waals surface area contributed by atoms with Crippen LogP contribution in [-0.2, 0) is 6.54 Å². The van der Waals surface area contributed by atoms with E-state index in [1.54, 1.807) is 35.2 Å². The predicted molar refractivity (Wildman–Crippen MR) is 101 cm³/mol. The fourth-order valence-corrected chi connectivity index (χ4v) is 3.48. The van der Waals surface area contributed by atoms with Crippen LogP contribution in [0.4, 0.5) is 4.39 Å². The molecule has 3 aromatic rings. The van der Waals surface area contributed by atoms with Gasteiger partial charge < -0.3 is 5.32 Å². The van der Waals surface area contributed by atoms with E-state index >= 15 is 0 Å². The largest absolute Gasteiger partial charge is 0.317 e. The molecule has 26 heavy (non-hydrogen) atoms. The molecule has 1 aromatic carbocycles. The molecule has 0 saturated carbocycles. The maximum atomic E-state index is 14.1. The average molecular weight is 375 g/mol. The maximum absolute atomic E-state index is 14.1. The summed E-state index contributed by atoms with van der Waals surface area (Å²) >= 11 is 0. The van der Waals surface area contributed by atoms with Gasteiger partial charge in [0.05, 0.1) is 6.54 Å². The van der Waals surface area contributed by atoms with Gasteiger partial charge in [0.25, 0.3) is 5.56 Å². The van der Waals surface area contributed by atoms with Crippen molar-refractivity contribution in [2.75, 3.05) is 13.1 Å². The number of rotatable bonds is 3. The monoisotopic (exact) mass is 374 g/mol. The van der Waals surface area contributed by atoms with E-state index in [9.17, 15) is 9.18 Å². The molecule has 0 aliphatic carbocycles. The van der Waals surface area contributed by atoms with Crippen LogP contribution >= 0.6 is 12.4 Å². The SMILES string of the molecule is Cl.O=c1c(C2CCNCC2)cc2nccnc2n1Cc1ccccc1F. The third-order valence-electron chi connectivity index (χ3n) is 4.81. The highest BCUT2D eigenvalue weighted by molar-refractivity contribution is 5.85. The second-order valence-electron chi connectivity index (χ2n) is 6.37. The van der Waals surface area contributed by atoms with Crippen molar-refractivity contribution >= 4 is 23.6 Å². The van der Waals surface area contributed by atoms with Gasteiger partial charge >= 0.3 is 0 Å². The highest BCUT2D eigenvalue weighted by atomic mass is 35.5. The smallest absolute Gasteiger partial charge is 0.256 e. The average Bonchev–Trinajstić information content (AvgIpc) is 2.66. The molecule has 1 saturated heterocycles. The predicted octanol–water partition coefficient (Wildman–Crippen LogP) is 2.87. The number of pyridine rings is 1. The van der Waals surface area contributed by atoms with Crippen molar-refractivity contribution in [1.82, 2.24) is 19.9 Å². The van der Waals surface area contributed by atoms with Gasteiger partial charge in [-0.25, -0.2) is 9.37 Å². The number of fused-ring (bicyclic) bond motifs is 1. The van der Waals surface area contributed by atoms with Crippen LogP contribution in [-0.4, -0.2) is 27.6 Å². The number of hydrogen-bond acceptors (Lipinski definition) is 4. The minimum atomic E-state index is -0.321. The van der Waals surface area contributed by atoms with Crippen LogP contribution < -0.4 is 10.9 Å². The van der Waals surface area contributed by atoms with Gasteiger partial charge in [0.2, 0.25) is 0 Å². The van der Waals surface area contributed by atoms with Crippen molar-refractivity contribution < 1.29 is 4.39 Å². The van der Waals surface area contributed by atoms with E-state index in [0.29, 0.717) is 16.7 Å². The number of nitrogens with one attached hydrogen (secondary N) is 1. The number of piperidine rings is 1. The van der Waals surface area contributed by atoms with Gasteiger partial charge in [-0.05, 0) is 44.0 Å². The van der Waals surface area contributed by atoms with Gasteiger partial charge in [0.15, 0.2) is 5.65 Å². The summed E-state index contributed by atoms with van der Waals surface area (Å²) in [7, 11) is 0. The molecular formula is C19H20ClFN4O. The highest BCUT2D eigenvalue weighted by Gasteiger charge is 2.21. The van der Waals surface area contributed by atoms with Crippen LogP contribution in [0, 0.1) is 5.82 Å². The van der Waals surface area contributed by atoms with Crippen molar-refractivity contribution in [3.8, 4) is 0 Å². The maximum Gasteiger partial charge on any atom is 0.256 e. The van der Waals surface area contributed by atoms with Crippen LogP contribution in [0.15, 0.2) is 47.5 Å². The molecule has 0 radical (unpaired) electrons. The van der Waals surface area contributed by atoms with Crippen LogP contribution in [0.25, 0.3) is 11.2 Å². The Morgan fingerprint density at radius 2 is 1.88 bits per heavy atom. The first-order valence-electron chi connectivity index (χ1n) is 8.52. The Kier molecular flexibility index (Phi) is 5.64. The van der Waals surface area contributed by atoms with E-state index in [-0.39, 0.29) is 36.2 Å². The van der Waals surface area contributed by atoms with Gasteiger partial charge in [-0.15, -0.1) is 12.4 Å². The Bertz CT molecular complexity index is 969. The minimum absolute atomic E-state index is 0. The van der Waals surface area contributed by atoms with Crippen LogP contribution in [0.3, 0.4) is 0 Å². The quantitative estimate of drug-likeness (QED) is 0.765. The number of halogens is 2. The molecule has 1 aliphatic rings. The molecule has 1 N–H and O–H groups in total. The van der Waals surface area contributed by atoms with Crippen molar-refractivity contribution in [2.45, 2.75) is 25.3 Å². The standard InChI is InChI=1S/C19H19FN4O.ClH/c20-16-4-2-1-3-14(16)12-24-18-17(22-9-10-23-18)11-15(19(24)25)13-5-7-21-8-6-13;/h1-4,9-11,13,21H,5-8,12H2;1H. The number of benzene rings is 1. The van der Waals surface area contributed by atoms with E-state index in [0.717, 1.165) is 31.5 Å². The molecule has 1 fully saturated rings. The Balaban J connectivity index is 0.00000196. The molecule has 7 heteroatoms. The van der Waals surface area contributed by atoms with Crippen LogP contribution in [0.1, 0.15) is 29.9 Å². The normalized spacial score (nSPS) is 15.0. The number of aromatic nitrogens is 3. The summed E-state index contributed by atoms with van der Waals surface area (Å²) in [5, 5.41) is 3.32. The first-order chi connectivity index (χ1) is 12.2. The lowest BCUT2D eigenvalue weighted by Gasteiger charge is -2.23. The van der Waals surface area contributed by atoms with E-state index in [2.05, 4.69) is 15.3 Å². The highest BCUT2D eigenvalue weighted by Crippen LogP contribution is 2.24. The third-order valence-corrected chi connectivity index (χ3v) is 4.81. The van der Waals surface area contributed by atoms with Gasteiger partial charge in [-0.1, -0.05) is 18.2 Å². The summed E-state index contributed by atoms with van der Waals surface area (Å²) in [6, 6.07) is 8.38. The third kappa shape index (κ3) is 3.48. The van der Waals surface area contributed by atoms with E-state index < -0.39 is 0 Å². The zero-order chi connectivity index (χ0) is 17.2. The molecule has 0 amide bonds. The Morgan fingerprint density at radius 3 is 2.65 bits per heavy atom. The fraction of sp³-hybridized carbons (Fsp3) is 0.316. The van der Waals surface area contributed by atoms with Crippen molar-refractivity contribution in [3.63, 3.8) is 0 Å². The van der Waals surface area contributed by atoms with Crippen molar-refractivity contribution in [1.29, 1.82) is 0 Å². The zero-order valence-electron chi connectivity index (χ0n) is 14.2. The Labute approximate surface area is 156 Å². The van der Waals surface area contributed by atoms with Gasteiger partial charge in [0, 0.05) is 23.5 Å². The van der Waals surface area contributed by atoms with Gasteiger partial charge in [-0.2, -0.15) is 0 Å². The summed E-state index contributed by atoms with van der Waals surface area (Å²) < 4.78 is 15.7. The molecular weight excluding hydrogens is 355 g/mol. The van der Waals surface area contributed by atoms with Crippen LogP contribution in [0.5, 0.6) is 0 Å². The summed E-state index contributed by atoms with van der Waals surface area (Å²) in [6.07, 6.45) is 5.01. The lowest BCUT2D eigenvalue weighted by molar-refractivity contribution is 0.456. The van der Waals surface area contributed by atoms with Crippen molar-refractivity contribution in [2.24, 2.45) is 0 Å². The van der Waals surface area contributed by atoms with Crippen LogP contribution in [0.2, 0.25) is 0 Å². The molecule has 136 valence electrons. The molecule has 5 nitrogen and oxygen atoms in total. The molecule has 2 aromatic heterocycles. The lowest BCUT2D eigenvalue weighted by Crippen LogP contribution is -2.32. The first kappa shape index (κ1) is 18.5. The summed E-state index contributed by atoms with van der Waals surface area (Å²) in [4.78, 5) is 21.8. The van der Waals surface area contributed by atoms with E-state index in [4.69, 9.17) is 0 Å². The molecule has 0 atom stereocenters. The van der Waals surface area contributed by atoms with Gasteiger partial charge in [0.1, 0.15) is 11.3 Å². The Hall–Kier alpha value is -2.31. The fourth-order valence-electron chi connectivity index (χ4n) is 3.48. The number of hydrogen-bond donors (Lipinski definition) is 1. The molecule has 0 bridgehead atoms. The summed E-state index contributed by atoms with van der Waals surface area (Å²) in [5.41, 5.74) is 2.30. The second kappa shape index (κ2) is 7.93. The van der Waals surface area contributed by atoms with E-state index in [1.165, 1.54) is 6.07 Å². The summed E-state index contributed by atoms with van der Waals surface area (Å²) in [6.45, 7) is 1.95. The molecule has 3 heterocycles. The molecule has 0 unspecified atom stereocenters. The Morgan fingerprint density at radius 1 is 1.15 bits per heavy atom. The molecule has 1 aliphatic heterocycles. The van der Waals surface area contributed by atoms with Crippen molar-refractivity contribution in [3.05, 3.63) is 70.0 Å². The second-order valence-corrected chi connectivity index (χ2v) is 6.37. The van der Waals surface area contributed by atoms with Gasteiger partial charge in [-0.3, -0.25) is 14.3 Å². The first-order valence-corrected chi connectivity index (χ1v) is 8.52. The molecule has 4 rings (SSSR count). The summed E-state index contributed by atoms with van der Waals surface area (Å²) in [5.74, 6) is -0.120. The zero-order valence-corrected chi connectivity index (χ0v) is 15.0. The molecule has 0 spiro atoms. The minimum Gasteiger partial charge on any atom is -0.317 e. The van der Waals surface area contributed by atoms with E-state index in [1.807, 2.05) is 6.07 Å². The topological polar surface area (TPSA) is 59.8 Å².